The number of rotatable bonds is 4. The van der Waals surface area contributed by atoms with Gasteiger partial charge in [-0.05, 0) is 38.3 Å². The molecule has 0 spiro atoms. The Balaban J connectivity index is 2.17. The van der Waals surface area contributed by atoms with Crippen molar-refractivity contribution < 1.29 is 4.74 Å². The number of likely N-dealkylation sites (tertiary alicyclic amines) is 1. The lowest BCUT2D eigenvalue weighted by Crippen LogP contribution is -2.48. The van der Waals surface area contributed by atoms with Gasteiger partial charge < -0.3 is 10.5 Å². The maximum absolute atomic E-state index is 5.97. The largest absolute Gasteiger partial charge is 0.496 e. The molecule has 0 bridgehead atoms. The Bertz CT molecular complexity index is 419. The molecule has 19 heavy (non-hydrogen) atoms. The number of hydrogen-bond acceptors (Lipinski definition) is 3. The second kappa shape index (κ2) is 6.40. The molecule has 2 atom stereocenters. The van der Waals surface area contributed by atoms with Crippen LogP contribution < -0.4 is 10.5 Å². The Labute approximate surface area is 116 Å². The van der Waals surface area contributed by atoms with E-state index in [0.29, 0.717) is 12.0 Å². The summed E-state index contributed by atoms with van der Waals surface area (Å²) in [5.74, 6) is 1.68. The van der Waals surface area contributed by atoms with E-state index in [0.717, 1.165) is 25.4 Å². The van der Waals surface area contributed by atoms with E-state index in [4.69, 9.17) is 10.5 Å². The lowest BCUT2D eigenvalue weighted by atomic mass is 9.90. The van der Waals surface area contributed by atoms with Crippen molar-refractivity contribution in [3.05, 3.63) is 29.3 Å². The summed E-state index contributed by atoms with van der Waals surface area (Å²) in [7, 11) is 1.74. The van der Waals surface area contributed by atoms with Crippen LogP contribution in [0, 0.1) is 12.8 Å². The SMILES string of the molecule is COc1ccc(C)cc1CN1CCCC(C)C1CN. The van der Waals surface area contributed by atoms with E-state index in [1.807, 2.05) is 0 Å². The minimum atomic E-state index is 0.499. The van der Waals surface area contributed by atoms with E-state index in [9.17, 15) is 0 Å². The van der Waals surface area contributed by atoms with Crippen LogP contribution in [0.5, 0.6) is 5.75 Å². The minimum absolute atomic E-state index is 0.499. The van der Waals surface area contributed by atoms with Gasteiger partial charge in [-0.2, -0.15) is 0 Å². The summed E-state index contributed by atoms with van der Waals surface area (Å²) in [6.07, 6.45) is 2.56. The van der Waals surface area contributed by atoms with Gasteiger partial charge in [0.15, 0.2) is 0 Å². The number of methoxy groups -OCH3 is 1. The van der Waals surface area contributed by atoms with Gasteiger partial charge in [-0.15, -0.1) is 0 Å². The molecule has 1 heterocycles. The molecular weight excluding hydrogens is 236 g/mol. The zero-order chi connectivity index (χ0) is 13.8. The van der Waals surface area contributed by atoms with Gasteiger partial charge >= 0.3 is 0 Å². The van der Waals surface area contributed by atoms with Crippen molar-refractivity contribution in [2.45, 2.75) is 39.3 Å². The smallest absolute Gasteiger partial charge is 0.123 e. The lowest BCUT2D eigenvalue weighted by molar-refractivity contribution is 0.0982. The first kappa shape index (κ1) is 14.4. The molecule has 106 valence electrons. The van der Waals surface area contributed by atoms with Crippen LogP contribution in [0.15, 0.2) is 18.2 Å². The Hall–Kier alpha value is -1.06. The molecule has 3 heteroatoms. The molecule has 3 nitrogen and oxygen atoms in total. The second-order valence-corrected chi connectivity index (χ2v) is 5.71. The summed E-state index contributed by atoms with van der Waals surface area (Å²) in [6, 6.07) is 6.89. The molecule has 1 fully saturated rings. The monoisotopic (exact) mass is 262 g/mol. The predicted octanol–water partition coefficient (Wildman–Crippen LogP) is 2.56. The molecule has 1 aromatic rings. The van der Waals surface area contributed by atoms with Crippen molar-refractivity contribution in [2.24, 2.45) is 11.7 Å². The maximum atomic E-state index is 5.97. The van der Waals surface area contributed by atoms with E-state index in [1.54, 1.807) is 7.11 Å². The number of benzene rings is 1. The molecule has 1 saturated heterocycles. The summed E-state index contributed by atoms with van der Waals surface area (Å²) in [6.45, 7) is 7.27. The Morgan fingerprint density at radius 3 is 2.89 bits per heavy atom. The van der Waals surface area contributed by atoms with Crippen LogP contribution in [0.4, 0.5) is 0 Å². The van der Waals surface area contributed by atoms with Crippen LogP contribution in [0.3, 0.4) is 0 Å². The maximum Gasteiger partial charge on any atom is 0.123 e. The number of piperidine rings is 1. The molecule has 1 aliphatic rings. The zero-order valence-electron chi connectivity index (χ0n) is 12.4. The van der Waals surface area contributed by atoms with Gasteiger partial charge in [-0.3, -0.25) is 4.90 Å². The van der Waals surface area contributed by atoms with Gasteiger partial charge in [-0.1, -0.05) is 24.6 Å². The fourth-order valence-corrected chi connectivity index (χ4v) is 3.16. The summed E-state index contributed by atoms with van der Waals surface area (Å²) in [4.78, 5) is 2.52. The molecule has 0 radical (unpaired) electrons. The van der Waals surface area contributed by atoms with Gasteiger partial charge in [-0.25, -0.2) is 0 Å². The molecule has 0 amide bonds. The highest BCUT2D eigenvalue weighted by atomic mass is 16.5. The molecule has 2 N–H and O–H groups in total. The molecule has 1 aliphatic heterocycles. The average molecular weight is 262 g/mol. The van der Waals surface area contributed by atoms with Crippen LogP contribution in [-0.2, 0) is 6.54 Å². The van der Waals surface area contributed by atoms with Crippen molar-refractivity contribution in [1.82, 2.24) is 4.90 Å². The van der Waals surface area contributed by atoms with Crippen LogP contribution in [0.1, 0.15) is 30.9 Å². The van der Waals surface area contributed by atoms with E-state index in [-0.39, 0.29) is 0 Å². The van der Waals surface area contributed by atoms with Gasteiger partial charge in [0.05, 0.1) is 7.11 Å². The second-order valence-electron chi connectivity index (χ2n) is 5.71. The number of hydrogen-bond donors (Lipinski definition) is 1. The fourth-order valence-electron chi connectivity index (χ4n) is 3.16. The highest BCUT2D eigenvalue weighted by Crippen LogP contribution is 2.27. The first-order chi connectivity index (χ1) is 9.15. The molecule has 2 unspecified atom stereocenters. The van der Waals surface area contributed by atoms with Crippen LogP contribution in [0.25, 0.3) is 0 Å². The molecular formula is C16H26N2O. The van der Waals surface area contributed by atoms with Gasteiger partial charge in [0.2, 0.25) is 0 Å². The Morgan fingerprint density at radius 2 is 2.21 bits per heavy atom. The van der Waals surface area contributed by atoms with Crippen LogP contribution >= 0.6 is 0 Å². The highest BCUT2D eigenvalue weighted by molar-refractivity contribution is 5.36. The standard InChI is InChI=1S/C16H26N2O/c1-12-6-7-16(19-3)14(9-12)11-18-8-4-5-13(2)15(18)10-17/h6-7,9,13,15H,4-5,8,10-11,17H2,1-3H3. The summed E-state index contributed by atoms with van der Waals surface area (Å²) in [5, 5.41) is 0. The predicted molar refractivity (Wildman–Crippen MR) is 79.4 cm³/mol. The van der Waals surface area contributed by atoms with E-state index in [2.05, 4.69) is 36.9 Å². The number of nitrogens with zero attached hydrogens (tertiary/aromatic N) is 1. The van der Waals surface area contributed by atoms with Gasteiger partial charge in [0, 0.05) is 24.7 Å². The molecule has 2 rings (SSSR count). The molecule has 0 aromatic heterocycles. The van der Waals surface area contributed by atoms with Crippen molar-refractivity contribution >= 4 is 0 Å². The zero-order valence-corrected chi connectivity index (χ0v) is 12.4. The lowest BCUT2D eigenvalue weighted by Gasteiger charge is -2.39. The summed E-state index contributed by atoms with van der Waals surface area (Å²) in [5.41, 5.74) is 8.52. The number of nitrogens with two attached hydrogens (primary N) is 1. The van der Waals surface area contributed by atoms with Crippen molar-refractivity contribution in [3.63, 3.8) is 0 Å². The normalized spacial score (nSPS) is 24.4. The van der Waals surface area contributed by atoms with Crippen LogP contribution in [-0.4, -0.2) is 31.1 Å². The topological polar surface area (TPSA) is 38.5 Å². The van der Waals surface area contributed by atoms with Crippen molar-refractivity contribution in [1.29, 1.82) is 0 Å². The Kier molecular flexibility index (Phi) is 4.83. The molecule has 1 aromatic carbocycles. The van der Waals surface area contributed by atoms with Gasteiger partial charge in [0.1, 0.15) is 5.75 Å². The van der Waals surface area contributed by atoms with E-state index >= 15 is 0 Å². The third-order valence-electron chi connectivity index (χ3n) is 4.28. The number of aryl methyl sites for hydroxylation is 1. The van der Waals surface area contributed by atoms with Crippen LogP contribution in [0.2, 0.25) is 0 Å². The average Bonchev–Trinajstić information content (AvgIpc) is 2.39. The first-order valence-corrected chi connectivity index (χ1v) is 7.23. The number of ether oxygens (including phenoxy) is 1. The van der Waals surface area contributed by atoms with Gasteiger partial charge in [0.25, 0.3) is 0 Å². The van der Waals surface area contributed by atoms with E-state index in [1.165, 1.54) is 24.0 Å². The highest BCUT2D eigenvalue weighted by Gasteiger charge is 2.27. The third-order valence-corrected chi connectivity index (χ3v) is 4.28. The fraction of sp³-hybridized carbons (Fsp3) is 0.625. The quantitative estimate of drug-likeness (QED) is 0.906. The van der Waals surface area contributed by atoms with Crippen molar-refractivity contribution in [3.8, 4) is 5.75 Å². The molecule has 0 saturated carbocycles. The molecule has 0 aliphatic carbocycles. The van der Waals surface area contributed by atoms with Crippen molar-refractivity contribution in [2.75, 3.05) is 20.2 Å². The Morgan fingerprint density at radius 1 is 1.42 bits per heavy atom. The first-order valence-electron chi connectivity index (χ1n) is 7.23. The third kappa shape index (κ3) is 3.28. The summed E-state index contributed by atoms with van der Waals surface area (Å²) >= 11 is 0. The minimum Gasteiger partial charge on any atom is -0.496 e. The van der Waals surface area contributed by atoms with E-state index < -0.39 is 0 Å². The summed E-state index contributed by atoms with van der Waals surface area (Å²) < 4.78 is 5.48.